The molecule has 0 aliphatic heterocycles. The lowest BCUT2D eigenvalue weighted by molar-refractivity contribution is -0.141. The zero-order chi connectivity index (χ0) is 23.8. The number of halogens is 1. The predicted molar refractivity (Wildman–Crippen MR) is 128 cm³/mol. The first-order chi connectivity index (χ1) is 15.9. The highest BCUT2D eigenvalue weighted by atomic mass is 32.2. The van der Waals surface area contributed by atoms with E-state index in [1.807, 2.05) is 38.1 Å². The molecule has 1 aromatic heterocycles. The first kappa shape index (κ1) is 24.3. The van der Waals surface area contributed by atoms with E-state index in [2.05, 4.69) is 20.6 Å². The van der Waals surface area contributed by atoms with Gasteiger partial charge in [-0.05, 0) is 54.8 Å². The highest BCUT2D eigenvalue weighted by Gasteiger charge is 2.21. The summed E-state index contributed by atoms with van der Waals surface area (Å²) in [5.74, 6) is 1.01. The summed E-state index contributed by atoms with van der Waals surface area (Å²) >= 11 is 1.43. The Bertz CT molecular complexity index is 1080. The van der Waals surface area contributed by atoms with E-state index in [1.54, 1.807) is 25.3 Å². The minimum absolute atomic E-state index is 0.265. The monoisotopic (exact) mass is 470 g/mol. The number of rotatable bonds is 10. The highest BCUT2D eigenvalue weighted by molar-refractivity contribution is 7.99. The van der Waals surface area contributed by atoms with Crippen molar-refractivity contribution >= 4 is 35.2 Å². The lowest BCUT2D eigenvalue weighted by Gasteiger charge is -2.19. The Labute approximate surface area is 197 Å². The van der Waals surface area contributed by atoms with Gasteiger partial charge in [0.25, 0.3) is 0 Å². The third-order valence-corrected chi connectivity index (χ3v) is 5.51. The second-order valence-electron chi connectivity index (χ2n) is 7.68. The summed E-state index contributed by atoms with van der Waals surface area (Å²) in [6, 6.07) is 14.8. The maximum absolute atomic E-state index is 13.6. The van der Waals surface area contributed by atoms with Gasteiger partial charge in [-0.2, -0.15) is 4.98 Å². The second kappa shape index (κ2) is 11.5. The standard InChI is InChI=1S/C24H27FN4O3S/c1-15(2)12-20(23(30)32-4)27-21-14-22(33-19-10-8-18(31-3)9-11-19)29-24(28-21)26-17-7-5-6-16(25)13-17/h5-11,13-15,20H,12H2,1-4H3,(H2,26,27,28,29)/t20-/m0/s1. The van der Waals surface area contributed by atoms with Gasteiger partial charge in [-0.1, -0.05) is 31.7 Å². The third kappa shape index (κ3) is 7.35. The van der Waals surface area contributed by atoms with Gasteiger partial charge in [-0.25, -0.2) is 14.2 Å². The molecule has 174 valence electrons. The number of nitrogens with one attached hydrogen (secondary N) is 2. The van der Waals surface area contributed by atoms with Crippen molar-refractivity contribution in [3.63, 3.8) is 0 Å². The van der Waals surface area contributed by atoms with Crippen molar-refractivity contribution in [3.8, 4) is 5.75 Å². The second-order valence-corrected chi connectivity index (χ2v) is 8.77. The van der Waals surface area contributed by atoms with Gasteiger partial charge in [-0.3, -0.25) is 0 Å². The molecule has 0 amide bonds. The first-order valence-corrected chi connectivity index (χ1v) is 11.3. The number of hydrogen-bond acceptors (Lipinski definition) is 8. The van der Waals surface area contributed by atoms with Crippen LogP contribution >= 0.6 is 11.8 Å². The van der Waals surface area contributed by atoms with Crippen molar-refractivity contribution in [1.29, 1.82) is 0 Å². The van der Waals surface area contributed by atoms with Crippen LogP contribution in [-0.4, -0.2) is 36.2 Å². The highest BCUT2D eigenvalue weighted by Crippen LogP contribution is 2.30. The predicted octanol–water partition coefficient (Wildman–Crippen LogP) is 5.52. The number of carbonyl (C=O) groups excluding carboxylic acids is 1. The molecule has 0 bridgehead atoms. The number of benzene rings is 2. The van der Waals surface area contributed by atoms with Crippen LogP contribution in [0.15, 0.2) is 64.5 Å². The van der Waals surface area contributed by atoms with Gasteiger partial charge >= 0.3 is 5.97 Å². The zero-order valence-corrected chi connectivity index (χ0v) is 19.8. The smallest absolute Gasteiger partial charge is 0.328 e. The van der Waals surface area contributed by atoms with Crippen molar-refractivity contribution in [2.75, 3.05) is 24.9 Å². The fourth-order valence-corrected chi connectivity index (χ4v) is 3.89. The van der Waals surface area contributed by atoms with E-state index in [1.165, 1.54) is 31.0 Å². The number of anilines is 3. The molecule has 1 atom stereocenters. The zero-order valence-electron chi connectivity index (χ0n) is 19.0. The summed E-state index contributed by atoms with van der Waals surface area (Å²) in [6.07, 6.45) is 0.574. The number of hydrogen-bond donors (Lipinski definition) is 2. The summed E-state index contributed by atoms with van der Waals surface area (Å²) in [5.41, 5.74) is 0.513. The Balaban J connectivity index is 1.92. The third-order valence-electron chi connectivity index (χ3n) is 4.58. The quantitative estimate of drug-likeness (QED) is 0.296. The van der Waals surface area contributed by atoms with Gasteiger partial charge in [0.05, 0.1) is 14.2 Å². The Morgan fingerprint density at radius 3 is 2.48 bits per heavy atom. The number of carbonyl (C=O) groups is 1. The molecule has 7 nitrogen and oxygen atoms in total. The Morgan fingerprint density at radius 2 is 1.85 bits per heavy atom. The van der Waals surface area contributed by atoms with Gasteiger partial charge < -0.3 is 20.1 Å². The summed E-state index contributed by atoms with van der Waals surface area (Å²) in [7, 11) is 2.98. The summed E-state index contributed by atoms with van der Waals surface area (Å²) in [6.45, 7) is 4.05. The lowest BCUT2D eigenvalue weighted by atomic mass is 10.0. The normalized spacial score (nSPS) is 11.7. The molecular formula is C24H27FN4O3S. The Morgan fingerprint density at radius 1 is 1.09 bits per heavy atom. The molecule has 2 N–H and O–H groups in total. The van der Waals surface area contributed by atoms with Crippen molar-refractivity contribution < 1.29 is 18.7 Å². The van der Waals surface area contributed by atoms with Crippen LogP contribution in [0.25, 0.3) is 0 Å². The molecule has 0 spiro atoms. The van der Waals surface area contributed by atoms with Gasteiger partial charge in [0, 0.05) is 16.6 Å². The van der Waals surface area contributed by atoms with E-state index in [9.17, 15) is 9.18 Å². The van der Waals surface area contributed by atoms with Gasteiger partial charge in [-0.15, -0.1) is 0 Å². The molecule has 0 saturated heterocycles. The van der Waals surface area contributed by atoms with E-state index >= 15 is 0 Å². The molecule has 2 aromatic carbocycles. The average molecular weight is 471 g/mol. The number of aromatic nitrogens is 2. The van der Waals surface area contributed by atoms with Crippen LogP contribution < -0.4 is 15.4 Å². The van der Waals surface area contributed by atoms with E-state index in [4.69, 9.17) is 9.47 Å². The molecule has 0 aliphatic rings. The molecular weight excluding hydrogens is 443 g/mol. The molecule has 0 saturated carbocycles. The molecule has 0 radical (unpaired) electrons. The van der Waals surface area contributed by atoms with Crippen LogP contribution in [0.2, 0.25) is 0 Å². The largest absolute Gasteiger partial charge is 0.497 e. The van der Waals surface area contributed by atoms with Crippen LogP contribution in [0.5, 0.6) is 5.75 Å². The molecule has 0 unspecified atom stereocenters. The van der Waals surface area contributed by atoms with E-state index < -0.39 is 6.04 Å². The number of methoxy groups -OCH3 is 2. The van der Waals surface area contributed by atoms with Crippen molar-refractivity contribution in [2.45, 2.75) is 36.2 Å². The van der Waals surface area contributed by atoms with Gasteiger partial charge in [0.1, 0.15) is 28.5 Å². The molecule has 0 fully saturated rings. The Hall–Kier alpha value is -3.33. The minimum atomic E-state index is -0.564. The summed E-state index contributed by atoms with van der Waals surface area (Å²) in [5, 5.41) is 6.85. The summed E-state index contributed by atoms with van der Waals surface area (Å²) in [4.78, 5) is 22.3. The van der Waals surface area contributed by atoms with Gasteiger partial charge in [0.2, 0.25) is 5.95 Å². The van der Waals surface area contributed by atoms with Crippen LogP contribution in [0.3, 0.4) is 0 Å². The number of nitrogens with zero attached hydrogens (tertiary/aromatic N) is 2. The number of ether oxygens (including phenoxy) is 2. The maximum atomic E-state index is 13.6. The first-order valence-electron chi connectivity index (χ1n) is 10.4. The number of esters is 1. The maximum Gasteiger partial charge on any atom is 0.328 e. The van der Waals surface area contributed by atoms with Crippen molar-refractivity contribution in [3.05, 3.63) is 60.4 Å². The van der Waals surface area contributed by atoms with Crippen LogP contribution in [0, 0.1) is 11.7 Å². The van der Waals surface area contributed by atoms with E-state index in [-0.39, 0.29) is 23.7 Å². The topological polar surface area (TPSA) is 85.4 Å². The molecule has 9 heteroatoms. The molecule has 1 heterocycles. The molecule has 33 heavy (non-hydrogen) atoms. The van der Waals surface area contributed by atoms with E-state index in [0.717, 1.165) is 10.6 Å². The van der Waals surface area contributed by atoms with Gasteiger partial charge in [0.15, 0.2) is 0 Å². The fourth-order valence-electron chi connectivity index (χ4n) is 3.07. The fraction of sp³-hybridized carbons (Fsp3) is 0.292. The molecule has 3 aromatic rings. The minimum Gasteiger partial charge on any atom is -0.497 e. The average Bonchev–Trinajstić information content (AvgIpc) is 2.78. The molecule has 0 aliphatic carbocycles. The van der Waals surface area contributed by atoms with Crippen molar-refractivity contribution in [2.24, 2.45) is 5.92 Å². The van der Waals surface area contributed by atoms with Crippen molar-refractivity contribution in [1.82, 2.24) is 9.97 Å². The Kier molecular flexibility index (Phi) is 8.48. The van der Waals surface area contributed by atoms with Crippen LogP contribution in [0.1, 0.15) is 20.3 Å². The lowest BCUT2D eigenvalue weighted by Crippen LogP contribution is -2.32. The summed E-state index contributed by atoms with van der Waals surface area (Å²) < 4.78 is 23.8. The van der Waals surface area contributed by atoms with Crippen LogP contribution in [-0.2, 0) is 9.53 Å². The van der Waals surface area contributed by atoms with E-state index in [0.29, 0.717) is 23.0 Å². The van der Waals surface area contributed by atoms with Crippen LogP contribution in [0.4, 0.5) is 21.8 Å². The molecule has 3 rings (SSSR count). The SMILES string of the molecule is COC(=O)[C@H](CC(C)C)Nc1cc(Sc2ccc(OC)cc2)nc(Nc2cccc(F)c2)n1.